The van der Waals surface area contributed by atoms with Crippen LogP contribution >= 0.6 is 0 Å². The van der Waals surface area contributed by atoms with E-state index in [1.165, 1.54) is 10.9 Å². The maximum absolute atomic E-state index is 11.9. The highest BCUT2D eigenvalue weighted by molar-refractivity contribution is 5.96. The number of morpholine rings is 1. The van der Waals surface area contributed by atoms with Crippen LogP contribution in [-0.2, 0) is 16.1 Å². The number of fused-ring (bicyclic) bond motifs is 1. The van der Waals surface area contributed by atoms with Gasteiger partial charge in [0.15, 0.2) is 0 Å². The van der Waals surface area contributed by atoms with Gasteiger partial charge in [-0.05, 0) is 37.1 Å². The van der Waals surface area contributed by atoms with Crippen molar-refractivity contribution in [1.29, 1.82) is 0 Å². The summed E-state index contributed by atoms with van der Waals surface area (Å²) in [7, 11) is 0. The Bertz CT molecular complexity index is 699. The monoisotopic (exact) mass is 313 g/mol. The van der Waals surface area contributed by atoms with E-state index in [1.807, 2.05) is 6.07 Å². The number of nitrogens with one attached hydrogen (secondary N) is 1. The van der Waals surface area contributed by atoms with Crippen LogP contribution in [-0.4, -0.2) is 48.2 Å². The van der Waals surface area contributed by atoms with Gasteiger partial charge in [-0.1, -0.05) is 0 Å². The number of hydrogen-bond acceptors (Lipinski definition) is 3. The van der Waals surface area contributed by atoms with Crippen molar-refractivity contribution in [2.24, 2.45) is 5.92 Å². The number of benzene rings is 1. The standard InChI is InChI=1S/C18H23N3O2/c22-18(14-1-2-14)19-16-3-4-17-15(13-16)5-6-21(17)8-7-20-9-11-23-12-10-20/h3-6,13-14H,1-2,7-12H2,(H,19,22). The van der Waals surface area contributed by atoms with Crippen LogP contribution in [0.15, 0.2) is 30.5 Å². The zero-order chi connectivity index (χ0) is 15.6. The maximum Gasteiger partial charge on any atom is 0.227 e. The van der Waals surface area contributed by atoms with Crippen LogP contribution in [0.2, 0.25) is 0 Å². The number of amides is 1. The topological polar surface area (TPSA) is 46.5 Å². The van der Waals surface area contributed by atoms with Gasteiger partial charge in [0.05, 0.1) is 13.2 Å². The quantitative estimate of drug-likeness (QED) is 0.921. The summed E-state index contributed by atoms with van der Waals surface area (Å²) >= 11 is 0. The first kappa shape index (κ1) is 14.7. The van der Waals surface area contributed by atoms with Crippen LogP contribution in [0.25, 0.3) is 10.9 Å². The first-order chi connectivity index (χ1) is 11.3. The lowest BCUT2D eigenvalue weighted by Gasteiger charge is -2.26. The number of rotatable bonds is 5. The fourth-order valence-corrected chi connectivity index (χ4v) is 3.14. The van der Waals surface area contributed by atoms with Crippen molar-refractivity contribution in [2.75, 3.05) is 38.2 Å². The molecule has 23 heavy (non-hydrogen) atoms. The molecule has 0 spiro atoms. The lowest BCUT2D eigenvalue weighted by atomic mass is 10.2. The summed E-state index contributed by atoms with van der Waals surface area (Å²) in [5.41, 5.74) is 2.13. The molecular weight excluding hydrogens is 290 g/mol. The van der Waals surface area contributed by atoms with Crippen molar-refractivity contribution >= 4 is 22.5 Å². The molecule has 2 heterocycles. The number of aromatic nitrogens is 1. The van der Waals surface area contributed by atoms with E-state index in [9.17, 15) is 4.79 Å². The normalized spacial score (nSPS) is 19.1. The summed E-state index contributed by atoms with van der Waals surface area (Å²) < 4.78 is 7.68. The number of hydrogen-bond donors (Lipinski definition) is 1. The zero-order valence-corrected chi connectivity index (χ0v) is 13.3. The van der Waals surface area contributed by atoms with Gasteiger partial charge in [0.25, 0.3) is 0 Å². The van der Waals surface area contributed by atoms with Gasteiger partial charge in [-0.25, -0.2) is 0 Å². The predicted octanol–water partition coefficient (Wildman–Crippen LogP) is 2.32. The first-order valence-corrected chi connectivity index (χ1v) is 8.49. The molecule has 0 bridgehead atoms. The molecule has 1 aliphatic carbocycles. The Labute approximate surface area is 136 Å². The van der Waals surface area contributed by atoms with Gasteiger partial charge in [0.1, 0.15) is 0 Å². The molecule has 0 radical (unpaired) electrons. The maximum atomic E-state index is 11.9. The van der Waals surface area contributed by atoms with Crippen molar-refractivity contribution in [3.8, 4) is 0 Å². The molecule has 1 amide bonds. The summed E-state index contributed by atoms with van der Waals surface area (Å²) in [6.07, 6.45) is 4.20. The van der Waals surface area contributed by atoms with Crippen molar-refractivity contribution < 1.29 is 9.53 Å². The Balaban J connectivity index is 1.43. The van der Waals surface area contributed by atoms with Crippen molar-refractivity contribution in [2.45, 2.75) is 19.4 Å². The van der Waals surface area contributed by atoms with E-state index in [0.717, 1.165) is 57.9 Å². The highest BCUT2D eigenvalue weighted by atomic mass is 16.5. The Morgan fingerprint density at radius 2 is 2.00 bits per heavy atom. The molecule has 2 aliphatic rings. The van der Waals surface area contributed by atoms with E-state index < -0.39 is 0 Å². The Kier molecular flexibility index (Phi) is 4.06. The summed E-state index contributed by atoms with van der Waals surface area (Å²) in [5.74, 6) is 0.403. The molecule has 122 valence electrons. The van der Waals surface area contributed by atoms with E-state index in [4.69, 9.17) is 4.74 Å². The lowest BCUT2D eigenvalue weighted by Crippen LogP contribution is -2.38. The van der Waals surface area contributed by atoms with Crippen molar-refractivity contribution in [3.05, 3.63) is 30.5 Å². The van der Waals surface area contributed by atoms with E-state index in [0.29, 0.717) is 0 Å². The average molecular weight is 313 g/mol. The van der Waals surface area contributed by atoms with E-state index >= 15 is 0 Å². The fraction of sp³-hybridized carbons (Fsp3) is 0.500. The van der Waals surface area contributed by atoms with Crippen LogP contribution in [0.4, 0.5) is 5.69 Å². The molecule has 1 saturated heterocycles. The third-order valence-electron chi connectivity index (χ3n) is 4.75. The largest absolute Gasteiger partial charge is 0.379 e. The molecule has 1 aliphatic heterocycles. The van der Waals surface area contributed by atoms with Crippen LogP contribution in [0.3, 0.4) is 0 Å². The van der Waals surface area contributed by atoms with Crippen molar-refractivity contribution in [3.63, 3.8) is 0 Å². The van der Waals surface area contributed by atoms with Gasteiger partial charge in [-0.3, -0.25) is 9.69 Å². The molecule has 1 aromatic heterocycles. The highest BCUT2D eigenvalue weighted by Crippen LogP contribution is 2.30. The van der Waals surface area contributed by atoms with Gasteiger partial charge >= 0.3 is 0 Å². The average Bonchev–Trinajstić information content (AvgIpc) is 3.36. The summed E-state index contributed by atoms with van der Waals surface area (Å²) in [5, 5.41) is 4.20. The van der Waals surface area contributed by atoms with Crippen LogP contribution in [0.1, 0.15) is 12.8 Å². The Morgan fingerprint density at radius 3 is 2.78 bits per heavy atom. The van der Waals surface area contributed by atoms with E-state index in [-0.39, 0.29) is 11.8 Å². The van der Waals surface area contributed by atoms with Gasteiger partial charge in [0, 0.05) is 54.9 Å². The molecule has 2 aromatic rings. The third kappa shape index (κ3) is 3.41. The van der Waals surface area contributed by atoms with Crippen LogP contribution < -0.4 is 5.32 Å². The number of anilines is 1. The second-order valence-corrected chi connectivity index (χ2v) is 6.50. The number of carbonyl (C=O) groups excluding carboxylic acids is 1. The van der Waals surface area contributed by atoms with E-state index in [2.05, 4.69) is 39.2 Å². The third-order valence-corrected chi connectivity index (χ3v) is 4.75. The Hall–Kier alpha value is -1.85. The summed E-state index contributed by atoms with van der Waals surface area (Å²) in [6, 6.07) is 8.31. The molecule has 5 heteroatoms. The zero-order valence-electron chi connectivity index (χ0n) is 13.3. The molecule has 1 aromatic carbocycles. The van der Waals surface area contributed by atoms with Crippen molar-refractivity contribution in [1.82, 2.24) is 9.47 Å². The molecule has 5 nitrogen and oxygen atoms in total. The van der Waals surface area contributed by atoms with Crippen LogP contribution in [0.5, 0.6) is 0 Å². The number of carbonyl (C=O) groups is 1. The smallest absolute Gasteiger partial charge is 0.227 e. The first-order valence-electron chi connectivity index (χ1n) is 8.49. The second kappa shape index (κ2) is 6.34. The minimum atomic E-state index is 0.163. The molecule has 4 rings (SSSR count). The SMILES string of the molecule is O=C(Nc1ccc2c(ccn2CCN2CCOCC2)c1)C1CC1. The molecule has 2 fully saturated rings. The van der Waals surface area contributed by atoms with Gasteiger partial charge < -0.3 is 14.6 Å². The van der Waals surface area contributed by atoms with Gasteiger partial charge in [-0.15, -0.1) is 0 Å². The molecule has 0 atom stereocenters. The molecular formula is C18H23N3O2. The minimum Gasteiger partial charge on any atom is -0.379 e. The summed E-state index contributed by atoms with van der Waals surface area (Å²) in [4.78, 5) is 14.3. The van der Waals surface area contributed by atoms with E-state index in [1.54, 1.807) is 0 Å². The van der Waals surface area contributed by atoms with Gasteiger partial charge in [-0.2, -0.15) is 0 Å². The Morgan fingerprint density at radius 1 is 1.17 bits per heavy atom. The second-order valence-electron chi connectivity index (χ2n) is 6.50. The highest BCUT2D eigenvalue weighted by Gasteiger charge is 2.29. The predicted molar refractivity (Wildman–Crippen MR) is 90.6 cm³/mol. The molecule has 1 saturated carbocycles. The van der Waals surface area contributed by atoms with Crippen LogP contribution in [0, 0.1) is 5.92 Å². The lowest BCUT2D eigenvalue weighted by molar-refractivity contribution is -0.117. The molecule has 1 N–H and O–H groups in total. The fourth-order valence-electron chi connectivity index (χ4n) is 3.14. The summed E-state index contributed by atoms with van der Waals surface area (Å²) in [6.45, 7) is 5.77. The molecule has 0 unspecified atom stereocenters. The van der Waals surface area contributed by atoms with Gasteiger partial charge in [0.2, 0.25) is 5.91 Å². The number of nitrogens with zero attached hydrogens (tertiary/aromatic N) is 2. The minimum absolute atomic E-state index is 0.163. The number of ether oxygens (including phenoxy) is 1.